The molecule has 2 rings (SSSR count). The molecule has 1 aliphatic rings. The molecule has 124 valence electrons. The lowest BCUT2D eigenvalue weighted by molar-refractivity contribution is -0.143. The van der Waals surface area contributed by atoms with E-state index in [2.05, 4.69) is 0 Å². The van der Waals surface area contributed by atoms with Crippen LogP contribution in [-0.4, -0.2) is 30.3 Å². The molecule has 1 heterocycles. The van der Waals surface area contributed by atoms with Gasteiger partial charge >= 0.3 is 11.9 Å². The van der Waals surface area contributed by atoms with E-state index in [9.17, 15) is 14.7 Å². The van der Waals surface area contributed by atoms with E-state index in [1.165, 1.54) is 13.0 Å². The standard InChI is InChI=1S/C17H20O6/c1-5-10(2)16(20)23-15-6-11(3)14(19)7-13(15)17(9-22-17)8-21-12(4)18/h5-7,19H,8-9H2,1-4H3/b10-5-/t17-/m1/s1. The topological polar surface area (TPSA) is 85.4 Å². The van der Waals surface area contributed by atoms with Crippen LogP contribution in [0.25, 0.3) is 0 Å². The van der Waals surface area contributed by atoms with Crippen molar-refractivity contribution in [2.24, 2.45) is 0 Å². The van der Waals surface area contributed by atoms with Crippen LogP contribution in [0.5, 0.6) is 11.5 Å². The van der Waals surface area contributed by atoms with Crippen LogP contribution < -0.4 is 4.74 Å². The Balaban J connectivity index is 2.36. The first-order valence-corrected chi connectivity index (χ1v) is 7.25. The smallest absolute Gasteiger partial charge is 0.338 e. The number of allylic oxidation sites excluding steroid dienone is 1. The summed E-state index contributed by atoms with van der Waals surface area (Å²) in [4.78, 5) is 23.1. The number of hydrogen-bond acceptors (Lipinski definition) is 6. The summed E-state index contributed by atoms with van der Waals surface area (Å²) in [7, 11) is 0. The van der Waals surface area contributed by atoms with E-state index in [0.29, 0.717) is 23.3 Å². The lowest BCUT2D eigenvalue weighted by Gasteiger charge is -2.18. The SMILES string of the molecule is C/C=C(/C)C(=O)Oc1cc(C)c(O)cc1[C@@]1(COC(C)=O)CO1. The first kappa shape index (κ1) is 17.0. The highest BCUT2D eigenvalue weighted by molar-refractivity contribution is 5.89. The van der Waals surface area contributed by atoms with Crippen molar-refractivity contribution < 1.29 is 28.9 Å². The fourth-order valence-corrected chi connectivity index (χ4v) is 2.03. The minimum atomic E-state index is -0.879. The Hall–Kier alpha value is -2.34. The third kappa shape index (κ3) is 3.71. The van der Waals surface area contributed by atoms with Crippen LogP contribution in [0.2, 0.25) is 0 Å². The van der Waals surface area contributed by atoms with Crippen molar-refractivity contribution in [2.45, 2.75) is 33.3 Å². The zero-order valence-electron chi connectivity index (χ0n) is 13.6. The molecule has 0 amide bonds. The fourth-order valence-electron chi connectivity index (χ4n) is 2.03. The first-order valence-electron chi connectivity index (χ1n) is 7.25. The van der Waals surface area contributed by atoms with Crippen LogP contribution in [0.3, 0.4) is 0 Å². The van der Waals surface area contributed by atoms with Gasteiger partial charge in [-0.1, -0.05) is 6.08 Å². The molecule has 1 saturated heterocycles. The Kier molecular flexibility index (Phi) is 4.75. The number of phenols is 1. The molecule has 1 fully saturated rings. The van der Waals surface area contributed by atoms with Gasteiger partial charge < -0.3 is 19.3 Å². The van der Waals surface area contributed by atoms with Gasteiger partial charge in [0.15, 0.2) is 5.60 Å². The Morgan fingerprint density at radius 2 is 2.04 bits per heavy atom. The molecule has 1 aliphatic heterocycles. The highest BCUT2D eigenvalue weighted by Gasteiger charge is 2.50. The van der Waals surface area contributed by atoms with Crippen LogP contribution in [0.1, 0.15) is 31.9 Å². The highest BCUT2D eigenvalue weighted by Crippen LogP contribution is 2.45. The fraction of sp³-hybridized carbons (Fsp3) is 0.412. The number of aryl methyl sites for hydroxylation is 1. The quantitative estimate of drug-likeness (QED) is 0.388. The maximum absolute atomic E-state index is 12.0. The van der Waals surface area contributed by atoms with Crippen molar-refractivity contribution in [1.29, 1.82) is 0 Å². The third-order valence-corrected chi connectivity index (χ3v) is 3.75. The molecule has 0 spiro atoms. The molecule has 0 unspecified atom stereocenters. The number of hydrogen-bond donors (Lipinski definition) is 1. The lowest BCUT2D eigenvalue weighted by atomic mass is 9.97. The van der Waals surface area contributed by atoms with Crippen molar-refractivity contribution in [3.05, 3.63) is 34.9 Å². The summed E-state index contributed by atoms with van der Waals surface area (Å²) in [6.07, 6.45) is 1.65. The van der Waals surface area contributed by atoms with Gasteiger partial charge in [0, 0.05) is 18.1 Å². The summed E-state index contributed by atoms with van der Waals surface area (Å²) in [5.74, 6) is -0.571. The summed E-state index contributed by atoms with van der Waals surface area (Å²) >= 11 is 0. The number of epoxide rings is 1. The maximum atomic E-state index is 12.0. The van der Waals surface area contributed by atoms with Gasteiger partial charge in [0.25, 0.3) is 0 Å². The van der Waals surface area contributed by atoms with Crippen LogP contribution in [-0.2, 0) is 24.7 Å². The second-order valence-corrected chi connectivity index (χ2v) is 5.56. The number of carbonyl (C=O) groups is 2. The van der Waals surface area contributed by atoms with E-state index < -0.39 is 17.5 Å². The van der Waals surface area contributed by atoms with Gasteiger partial charge in [-0.15, -0.1) is 0 Å². The van der Waals surface area contributed by atoms with E-state index in [1.807, 2.05) is 0 Å². The van der Waals surface area contributed by atoms with Crippen LogP contribution in [0.15, 0.2) is 23.8 Å². The summed E-state index contributed by atoms with van der Waals surface area (Å²) in [5.41, 5.74) is 0.639. The summed E-state index contributed by atoms with van der Waals surface area (Å²) in [5, 5.41) is 9.97. The average molecular weight is 320 g/mol. The molecule has 0 bridgehead atoms. The van der Waals surface area contributed by atoms with Gasteiger partial charge in [-0.05, 0) is 38.5 Å². The number of benzene rings is 1. The highest BCUT2D eigenvalue weighted by atomic mass is 16.6. The van der Waals surface area contributed by atoms with Crippen LogP contribution in [0.4, 0.5) is 0 Å². The third-order valence-electron chi connectivity index (χ3n) is 3.75. The van der Waals surface area contributed by atoms with Gasteiger partial charge in [-0.25, -0.2) is 4.79 Å². The second kappa shape index (κ2) is 6.42. The Morgan fingerprint density at radius 3 is 2.57 bits per heavy atom. The van der Waals surface area contributed by atoms with E-state index in [4.69, 9.17) is 14.2 Å². The molecule has 1 aromatic rings. The maximum Gasteiger partial charge on any atom is 0.338 e. The molecule has 0 aliphatic carbocycles. The van der Waals surface area contributed by atoms with E-state index in [-0.39, 0.29) is 18.1 Å². The average Bonchev–Trinajstić information content (AvgIpc) is 3.28. The molecular formula is C17H20O6. The number of carbonyl (C=O) groups excluding carboxylic acids is 2. The molecule has 1 aromatic carbocycles. The molecule has 23 heavy (non-hydrogen) atoms. The van der Waals surface area contributed by atoms with Gasteiger partial charge in [-0.3, -0.25) is 4.79 Å². The number of ether oxygens (including phenoxy) is 3. The van der Waals surface area contributed by atoms with E-state index >= 15 is 0 Å². The zero-order chi connectivity index (χ0) is 17.2. The predicted octanol–water partition coefficient (Wildman–Crippen LogP) is 2.36. The summed E-state index contributed by atoms with van der Waals surface area (Å²) < 4.78 is 15.9. The molecule has 0 radical (unpaired) electrons. The Morgan fingerprint density at radius 1 is 1.39 bits per heavy atom. The molecular weight excluding hydrogens is 300 g/mol. The summed E-state index contributed by atoms with van der Waals surface area (Å²) in [6.45, 7) is 6.71. The van der Waals surface area contributed by atoms with Gasteiger partial charge in [0.1, 0.15) is 18.1 Å². The van der Waals surface area contributed by atoms with Crippen molar-refractivity contribution >= 4 is 11.9 Å². The monoisotopic (exact) mass is 320 g/mol. The lowest BCUT2D eigenvalue weighted by Crippen LogP contribution is -2.21. The summed E-state index contributed by atoms with van der Waals surface area (Å²) in [6, 6.07) is 3.06. The van der Waals surface area contributed by atoms with Gasteiger partial charge in [-0.2, -0.15) is 0 Å². The van der Waals surface area contributed by atoms with Crippen molar-refractivity contribution in [1.82, 2.24) is 0 Å². The molecule has 0 saturated carbocycles. The first-order chi connectivity index (χ1) is 10.8. The van der Waals surface area contributed by atoms with Crippen molar-refractivity contribution in [3.8, 4) is 11.5 Å². The van der Waals surface area contributed by atoms with Crippen LogP contribution >= 0.6 is 0 Å². The van der Waals surface area contributed by atoms with Gasteiger partial charge in [0.2, 0.25) is 0 Å². The number of esters is 2. The van der Waals surface area contributed by atoms with Crippen LogP contribution in [0, 0.1) is 6.92 Å². The van der Waals surface area contributed by atoms with E-state index in [1.54, 1.807) is 32.9 Å². The second-order valence-electron chi connectivity index (χ2n) is 5.56. The number of aromatic hydroxyl groups is 1. The van der Waals surface area contributed by atoms with Crippen molar-refractivity contribution in [2.75, 3.05) is 13.2 Å². The molecule has 1 N–H and O–H groups in total. The van der Waals surface area contributed by atoms with Gasteiger partial charge in [0.05, 0.1) is 6.61 Å². The van der Waals surface area contributed by atoms with E-state index in [0.717, 1.165) is 0 Å². The predicted molar refractivity (Wildman–Crippen MR) is 82.2 cm³/mol. The molecule has 6 nitrogen and oxygen atoms in total. The minimum absolute atomic E-state index is 0.00200. The molecule has 0 aromatic heterocycles. The normalized spacial score (nSPS) is 20.1. The largest absolute Gasteiger partial charge is 0.508 e. The Labute approximate surface area is 134 Å². The number of rotatable bonds is 5. The number of phenolic OH excluding ortho intramolecular Hbond substituents is 1. The van der Waals surface area contributed by atoms with Crippen molar-refractivity contribution in [3.63, 3.8) is 0 Å². The molecule has 1 atom stereocenters. The zero-order valence-corrected chi connectivity index (χ0v) is 13.6. The Bertz CT molecular complexity index is 670. The molecule has 6 heteroatoms. The minimum Gasteiger partial charge on any atom is -0.508 e.